The van der Waals surface area contributed by atoms with Crippen LogP contribution >= 0.6 is 12.4 Å². The van der Waals surface area contributed by atoms with Gasteiger partial charge in [-0.15, -0.1) is 25.6 Å². The number of amides is 1. The van der Waals surface area contributed by atoms with Gasteiger partial charge in [0.05, 0.1) is 24.9 Å². The average Bonchev–Trinajstić information content (AvgIpc) is 2.71. The standard InChI is InChI=1S/C26H44N2O4.ClH/c1-10-15-27(16-11-2)22-17-20(25(30)31-14-5)18-23(32-21(12-3)13-4)24(22)28(19(6)29)26(7,8)9;/h10-11,18,21-24H,1-2,12-17H2,3-9H3;1H/t22-,23-,24+;/m1./s1. The largest absolute Gasteiger partial charge is 0.463 e. The Labute approximate surface area is 207 Å². The molecule has 33 heavy (non-hydrogen) atoms. The third-order valence-electron chi connectivity index (χ3n) is 5.88. The molecule has 0 aromatic rings. The Morgan fingerprint density at radius 3 is 2.09 bits per heavy atom. The molecule has 3 atom stereocenters. The number of carbonyl (C=O) groups is 2. The van der Waals surface area contributed by atoms with E-state index in [-0.39, 0.29) is 42.5 Å². The predicted molar refractivity (Wildman–Crippen MR) is 138 cm³/mol. The second-order valence-corrected chi connectivity index (χ2v) is 9.30. The van der Waals surface area contributed by atoms with Crippen LogP contribution in [0.1, 0.15) is 67.7 Å². The third-order valence-corrected chi connectivity index (χ3v) is 5.88. The zero-order chi connectivity index (χ0) is 24.5. The van der Waals surface area contributed by atoms with Crippen molar-refractivity contribution in [2.24, 2.45) is 0 Å². The molecule has 0 fully saturated rings. The van der Waals surface area contributed by atoms with Gasteiger partial charge in [-0.2, -0.15) is 0 Å². The lowest BCUT2D eigenvalue weighted by Gasteiger charge is -2.51. The van der Waals surface area contributed by atoms with Gasteiger partial charge in [0.15, 0.2) is 0 Å². The maximum absolute atomic E-state index is 13.0. The number of ether oxygens (including phenoxy) is 2. The molecule has 0 saturated carbocycles. The van der Waals surface area contributed by atoms with E-state index in [1.807, 2.05) is 43.9 Å². The Morgan fingerprint density at radius 1 is 1.15 bits per heavy atom. The number of halogens is 1. The molecule has 0 heterocycles. The number of rotatable bonds is 12. The Kier molecular flexibility index (Phi) is 13.9. The molecule has 0 saturated heterocycles. The van der Waals surface area contributed by atoms with Crippen molar-refractivity contribution in [2.75, 3.05) is 19.7 Å². The number of esters is 1. The van der Waals surface area contributed by atoms with Crippen LogP contribution < -0.4 is 0 Å². The fraction of sp³-hybridized carbons (Fsp3) is 0.692. The van der Waals surface area contributed by atoms with Crippen molar-refractivity contribution in [3.63, 3.8) is 0 Å². The first-order valence-electron chi connectivity index (χ1n) is 11.8. The van der Waals surface area contributed by atoms with Gasteiger partial charge in [0.1, 0.15) is 0 Å². The van der Waals surface area contributed by atoms with Crippen molar-refractivity contribution in [3.8, 4) is 0 Å². The molecular formula is C26H45ClN2O4. The topological polar surface area (TPSA) is 59.1 Å². The first-order valence-corrected chi connectivity index (χ1v) is 11.8. The quantitative estimate of drug-likeness (QED) is 0.290. The van der Waals surface area contributed by atoms with E-state index in [0.29, 0.717) is 31.7 Å². The van der Waals surface area contributed by atoms with E-state index in [1.54, 1.807) is 13.8 Å². The average molecular weight is 485 g/mol. The van der Waals surface area contributed by atoms with Crippen molar-refractivity contribution < 1.29 is 19.1 Å². The monoisotopic (exact) mass is 484 g/mol. The molecule has 0 bridgehead atoms. The summed E-state index contributed by atoms with van der Waals surface area (Å²) in [5.74, 6) is -0.341. The predicted octanol–water partition coefficient (Wildman–Crippen LogP) is 4.93. The van der Waals surface area contributed by atoms with Gasteiger partial charge in [0.25, 0.3) is 0 Å². The molecule has 1 rings (SSSR count). The second kappa shape index (κ2) is 14.6. The fourth-order valence-corrected chi connectivity index (χ4v) is 4.60. The lowest BCUT2D eigenvalue weighted by Crippen LogP contribution is -2.65. The molecule has 1 amide bonds. The van der Waals surface area contributed by atoms with Gasteiger partial charge < -0.3 is 14.4 Å². The Morgan fingerprint density at radius 2 is 1.70 bits per heavy atom. The zero-order valence-electron chi connectivity index (χ0n) is 21.6. The van der Waals surface area contributed by atoms with Crippen LogP contribution in [0.5, 0.6) is 0 Å². The normalized spacial score (nSPS) is 20.6. The van der Waals surface area contributed by atoms with Gasteiger partial charge in [-0.1, -0.05) is 26.0 Å². The van der Waals surface area contributed by atoms with Gasteiger partial charge >= 0.3 is 5.97 Å². The minimum Gasteiger partial charge on any atom is -0.463 e. The molecule has 0 spiro atoms. The Hall–Kier alpha value is -1.63. The van der Waals surface area contributed by atoms with Crippen molar-refractivity contribution in [2.45, 2.75) is 97.6 Å². The van der Waals surface area contributed by atoms with Crippen LogP contribution in [0, 0.1) is 0 Å². The summed E-state index contributed by atoms with van der Waals surface area (Å²) < 4.78 is 11.9. The fourth-order valence-electron chi connectivity index (χ4n) is 4.60. The molecule has 0 radical (unpaired) electrons. The van der Waals surface area contributed by atoms with Crippen LogP contribution in [-0.2, 0) is 19.1 Å². The first-order chi connectivity index (χ1) is 15.0. The molecule has 6 nitrogen and oxygen atoms in total. The van der Waals surface area contributed by atoms with Crippen LogP contribution in [0.4, 0.5) is 0 Å². The summed E-state index contributed by atoms with van der Waals surface area (Å²) in [5, 5.41) is 0. The summed E-state index contributed by atoms with van der Waals surface area (Å²) >= 11 is 0. The van der Waals surface area contributed by atoms with E-state index in [1.165, 1.54) is 0 Å². The highest BCUT2D eigenvalue weighted by molar-refractivity contribution is 5.89. The van der Waals surface area contributed by atoms with Crippen molar-refractivity contribution in [3.05, 3.63) is 37.0 Å². The van der Waals surface area contributed by atoms with E-state index in [4.69, 9.17) is 9.47 Å². The second-order valence-electron chi connectivity index (χ2n) is 9.30. The van der Waals surface area contributed by atoms with Gasteiger partial charge in [-0.05, 0) is 53.0 Å². The van der Waals surface area contributed by atoms with Crippen molar-refractivity contribution in [1.29, 1.82) is 0 Å². The minimum absolute atomic E-state index is 0. The molecule has 0 N–H and O–H groups in total. The number of nitrogens with zero attached hydrogens (tertiary/aromatic N) is 2. The molecule has 0 unspecified atom stereocenters. The molecule has 7 heteroatoms. The zero-order valence-corrected chi connectivity index (χ0v) is 22.5. The summed E-state index contributed by atoms with van der Waals surface area (Å²) in [6, 6.07) is -0.427. The summed E-state index contributed by atoms with van der Waals surface area (Å²) in [6.07, 6.45) is 7.34. The van der Waals surface area contributed by atoms with Gasteiger partial charge in [-0.25, -0.2) is 4.79 Å². The van der Waals surface area contributed by atoms with Crippen LogP contribution in [0.15, 0.2) is 37.0 Å². The lowest BCUT2D eigenvalue weighted by atomic mass is 9.83. The summed E-state index contributed by atoms with van der Waals surface area (Å²) in [5.41, 5.74) is 0.174. The maximum atomic E-state index is 13.0. The molecule has 0 aliphatic heterocycles. The SMILES string of the molecule is C=CCN(CC=C)[C@@H]1CC(C(=O)OCC)=C[C@@H](OC(CC)CC)[C@H]1N(C(C)=O)C(C)(C)C.Cl. The molecule has 190 valence electrons. The summed E-state index contributed by atoms with van der Waals surface area (Å²) in [6.45, 7) is 23.1. The van der Waals surface area contributed by atoms with Crippen LogP contribution in [0.2, 0.25) is 0 Å². The van der Waals surface area contributed by atoms with Crippen LogP contribution in [-0.4, -0.2) is 71.2 Å². The summed E-state index contributed by atoms with van der Waals surface area (Å²) in [7, 11) is 0. The highest BCUT2D eigenvalue weighted by atomic mass is 35.5. The first kappa shape index (κ1) is 31.4. The lowest BCUT2D eigenvalue weighted by molar-refractivity contribution is -0.149. The highest BCUT2D eigenvalue weighted by Gasteiger charge is 2.46. The molecule has 0 aromatic carbocycles. The minimum atomic E-state index is -0.432. The van der Waals surface area contributed by atoms with Crippen molar-refractivity contribution >= 4 is 24.3 Å². The van der Waals surface area contributed by atoms with E-state index in [0.717, 1.165) is 12.8 Å². The third kappa shape index (κ3) is 8.58. The van der Waals surface area contributed by atoms with Crippen LogP contribution in [0.25, 0.3) is 0 Å². The van der Waals surface area contributed by atoms with Crippen LogP contribution in [0.3, 0.4) is 0 Å². The molecule has 1 aliphatic carbocycles. The van der Waals surface area contributed by atoms with Gasteiger partial charge in [0.2, 0.25) is 5.91 Å². The Bertz CT molecular complexity index is 672. The van der Waals surface area contributed by atoms with E-state index in [2.05, 4.69) is 31.9 Å². The highest BCUT2D eigenvalue weighted by Crippen LogP contribution is 2.34. The van der Waals surface area contributed by atoms with Gasteiger partial charge in [0, 0.05) is 37.2 Å². The van der Waals surface area contributed by atoms with E-state index >= 15 is 0 Å². The van der Waals surface area contributed by atoms with Crippen molar-refractivity contribution in [1.82, 2.24) is 9.80 Å². The number of carbonyl (C=O) groups excluding carboxylic acids is 2. The molecular weight excluding hydrogens is 440 g/mol. The van der Waals surface area contributed by atoms with E-state index in [9.17, 15) is 9.59 Å². The summed E-state index contributed by atoms with van der Waals surface area (Å²) in [4.78, 5) is 29.9. The van der Waals surface area contributed by atoms with E-state index < -0.39 is 11.6 Å². The molecule has 0 aromatic heterocycles. The smallest absolute Gasteiger partial charge is 0.333 e. The number of hydrogen-bond donors (Lipinski definition) is 0. The number of hydrogen-bond acceptors (Lipinski definition) is 5. The Balaban J connectivity index is 0.0000102. The van der Waals surface area contributed by atoms with Gasteiger partial charge in [-0.3, -0.25) is 9.69 Å². The molecule has 1 aliphatic rings. The maximum Gasteiger partial charge on any atom is 0.333 e.